The Bertz CT molecular complexity index is 59.0. The van der Waals surface area contributed by atoms with E-state index in [4.69, 9.17) is 4.84 Å². The van der Waals surface area contributed by atoms with Gasteiger partial charge in [-0.25, -0.2) is 5.48 Å². The maximum absolute atomic E-state index is 5.07. The van der Waals surface area contributed by atoms with Gasteiger partial charge in [0.1, 0.15) is 6.23 Å². The first-order valence-electron chi connectivity index (χ1n) is 3.37. The third kappa shape index (κ3) is 5.76. The molecule has 0 saturated carbocycles. The fraction of sp³-hybridized carbons (Fsp3) is 1.00. The summed E-state index contributed by atoms with van der Waals surface area (Å²) in [5.41, 5.74) is 2.82. The number of nitrogens with one attached hydrogen (secondary N) is 2. The Hall–Kier alpha value is -0.120. The van der Waals surface area contributed by atoms with Gasteiger partial charge in [-0.1, -0.05) is 6.92 Å². The third-order valence-corrected chi connectivity index (χ3v) is 1.02. The smallest absolute Gasteiger partial charge is 0.126 e. The summed E-state index contributed by atoms with van der Waals surface area (Å²) >= 11 is 0. The highest BCUT2D eigenvalue weighted by molar-refractivity contribution is 4.36. The molecule has 0 aromatic heterocycles. The second-order valence-corrected chi connectivity index (χ2v) is 1.94. The summed E-state index contributed by atoms with van der Waals surface area (Å²) in [6.07, 6.45) is 1.19. The lowest BCUT2D eigenvalue weighted by Gasteiger charge is -2.10. The molecule has 0 heterocycles. The van der Waals surface area contributed by atoms with E-state index < -0.39 is 0 Å². The molecule has 0 fully saturated rings. The summed E-state index contributed by atoms with van der Waals surface area (Å²) in [6.45, 7) is 4.95. The Balaban J connectivity index is 2.88. The van der Waals surface area contributed by atoms with Crippen LogP contribution in [-0.4, -0.2) is 19.8 Å². The lowest BCUT2D eigenvalue weighted by atomic mass is 10.5. The van der Waals surface area contributed by atoms with Crippen LogP contribution in [0, 0.1) is 0 Å². The zero-order valence-corrected chi connectivity index (χ0v) is 6.40. The molecule has 0 bridgehead atoms. The van der Waals surface area contributed by atoms with Crippen molar-refractivity contribution in [3.8, 4) is 0 Å². The summed E-state index contributed by atoms with van der Waals surface area (Å²) in [6, 6.07) is 0. The Morgan fingerprint density at radius 2 is 2.22 bits per heavy atom. The molecule has 0 aliphatic heterocycles. The summed E-state index contributed by atoms with van der Waals surface area (Å²) in [4.78, 5) is 5.07. The van der Waals surface area contributed by atoms with Crippen molar-refractivity contribution in [3.05, 3.63) is 0 Å². The van der Waals surface area contributed by atoms with Crippen LogP contribution in [0.3, 0.4) is 0 Å². The van der Waals surface area contributed by atoms with Crippen LogP contribution in [0.25, 0.3) is 0 Å². The number of hydroxylamine groups is 1. The van der Waals surface area contributed by atoms with Gasteiger partial charge in [-0.3, -0.25) is 10.2 Å². The largest absolute Gasteiger partial charge is 0.294 e. The quantitative estimate of drug-likeness (QED) is 0.324. The molecule has 0 radical (unpaired) electrons. The maximum Gasteiger partial charge on any atom is 0.126 e. The van der Waals surface area contributed by atoms with Gasteiger partial charge in [-0.05, 0) is 20.4 Å². The SMILES string of the molecule is CCCNOC(C)NC. The second kappa shape index (κ2) is 6.01. The molecule has 2 N–H and O–H groups in total. The summed E-state index contributed by atoms with van der Waals surface area (Å²) in [7, 11) is 1.86. The Morgan fingerprint density at radius 1 is 1.56 bits per heavy atom. The highest BCUT2D eigenvalue weighted by Crippen LogP contribution is 1.78. The Morgan fingerprint density at radius 3 is 2.67 bits per heavy atom. The zero-order chi connectivity index (χ0) is 7.11. The van der Waals surface area contributed by atoms with Crippen molar-refractivity contribution in [1.29, 1.82) is 0 Å². The van der Waals surface area contributed by atoms with Gasteiger partial charge in [0, 0.05) is 6.54 Å². The van der Waals surface area contributed by atoms with Crippen molar-refractivity contribution < 1.29 is 4.84 Å². The van der Waals surface area contributed by atoms with Gasteiger partial charge in [-0.2, -0.15) is 0 Å². The first kappa shape index (κ1) is 8.88. The van der Waals surface area contributed by atoms with E-state index in [1.807, 2.05) is 14.0 Å². The molecule has 3 heteroatoms. The van der Waals surface area contributed by atoms with E-state index in [2.05, 4.69) is 17.7 Å². The predicted octanol–water partition coefficient (Wildman–Crippen LogP) is 0.483. The maximum atomic E-state index is 5.07. The topological polar surface area (TPSA) is 33.3 Å². The summed E-state index contributed by atoms with van der Waals surface area (Å²) in [5.74, 6) is 0. The third-order valence-electron chi connectivity index (χ3n) is 1.02. The number of rotatable bonds is 5. The van der Waals surface area contributed by atoms with Crippen molar-refractivity contribution in [1.82, 2.24) is 10.8 Å². The van der Waals surface area contributed by atoms with Crippen LogP contribution in [0.2, 0.25) is 0 Å². The highest BCUT2D eigenvalue weighted by Gasteiger charge is 1.93. The van der Waals surface area contributed by atoms with E-state index in [9.17, 15) is 0 Å². The Kier molecular flexibility index (Phi) is 5.93. The van der Waals surface area contributed by atoms with Gasteiger partial charge >= 0.3 is 0 Å². The molecule has 1 unspecified atom stereocenters. The minimum Gasteiger partial charge on any atom is -0.294 e. The van der Waals surface area contributed by atoms with Crippen LogP contribution in [0.4, 0.5) is 0 Å². The van der Waals surface area contributed by atoms with Crippen molar-refractivity contribution >= 4 is 0 Å². The first-order valence-corrected chi connectivity index (χ1v) is 3.37. The fourth-order valence-electron chi connectivity index (χ4n) is 0.345. The summed E-state index contributed by atoms with van der Waals surface area (Å²) in [5, 5.41) is 2.94. The molecular formula is C6H16N2O. The molecule has 0 spiro atoms. The summed E-state index contributed by atoms with van der Waals surface area (Å²) < 4.78 is 0. The predicted molar refractivity (Wildman–Crippen MR) is 37.9 cm³/mol. The van der Waals surface area contributed by atoms with Crippen molar-refractivity contribution in [2.45, 2.75) is 26.5 Å². The minimum absolute atomic E-state index is 0.0940. The fourth-order valence-corrected chi connectivity index (χ4v) is 0.345. The van der Waals surface area contributed by atoms with Crippen molar-refractivity contribution in [3.63, 3.8) is 0 Å². The van der Waals surface area contributed by atoms with E-state index in [-0.39, 0.29) is 6.23 Å². The molecule has 0 aromatic carbocycles. The minimum atomic E-state index is 0.0940. The average molecular weight is 132 g/mol. The monoisotopic (exact) mass is 132 g/mol. The number of hydrogen-bond donors (Lipinski definition) is 2. The lowest BCUT2D eigenvalue weighted by Crippen LogP contribution is -2.31. The van der Waals surface area contributed by atoms with E-state index in [0.29, 0.717) is 0 Å². The molecule has 0 amide bonds. The van der Waals surface area contributed by atoms with Crippen molar-refractivity contribution in [2.75, 3.05) is 13.6 Å². The average Bonchev–Trinajstić information content (AvgIpc) is 1.89. The second-order valence-electron chi connectivity index (χ2n) is 1.94. The number of hydrogen-bond acceptors (Lipinski definition) is 3. The van der Waals surface area contributed by atoms with Crippen LogP contribution in [0.15, 0.2) is 0 Å². The van der Waals surface area contributed by atoms with E-state index in [0.717, 1.165) is 13.0 Å². The van der Waals surface area contributed by atoms with Crippen molar-refractivity contribution in [2.24, 2.45) is 0 Å². The van der Waals surface area contributed by atoms with Crippen LogP contribution in [0.5, 0.6) is 0 Å². The first-order chi connectivity index (χ1) is 4.31. The van der Waals surface area contributed by atoms with Crippen LogP contribution in [0.1, 0.15) is 20.3 Å². The molecule has 0 aliphatic rings. The van der Waals surface area contributed by atoms with E-state index in [1.165, 1.54) is 0 Å². The molecule has 0 rings (SSSR count). The van der Waals surface area contributed by atoms with Crippen LogP contribution >= 0.6 is 0 Å². The van der Waals surface area contributed by atoms with Gasteiger partial charge < -0.3 is 0 Å². The van der Waals surface area contributed by atoms with Gasteiger partial charge in [-0.15, -0.1) is 0 Å². The normalized spacial score (nSPS) is 13.7. The molecule has 0 saturated heterocycles. The zero-order valence-electron chi connectivity index (χ0n) is 6.40. The van der Waals surface area contributed by atoms with Crippen LogP contribution < -0.4 is 10.8 Å². The molecule has 56 valence electrons. The highest BCUT2D eigenvalue weighted by atomic mass is 16.7. The molecule has 0 aliphatic carbocycles. The van der Waals surface area contributed by atoms with Gasteiger partial charge in [0.05, 0.1) is 0 Å². The molecular weight excluding hydrogens is 116 g/mol. The van der Waals surface area contributed by atoms with E-state index >= 15 is 0 Å². The molecule has 3 nitrogen and oxygen atoms in total. The van der Waals surface area contributed by atoms with Gasteiger partial charge in [0.25, 0.3) is 0 Å². The molecule has 1 atom stereocenters. The van der Waals surface area contributed by atoms with Gasteiger partial charge in [0.2, 0.25) is 0 Å². The molecule has 0 aromatic rings. The van der Waals surface area contributed by atoms with Crippen LogP contribution in [-0.2, 0) is 4.84 Å². The lowest BCUT2D eigenvalue weighted by molar-refractivity contribution is -0.0280. The Labute approximate surface area is 56.7 Å². The van der Waals surface area contributed by atoms with E-state index in [1.54, 1.807) is 0 Å². The standard InChI is InChI=1S/C6H16N2O/c1-4-5-8-9-6(2)7-3/h6-8H,4-5H2,1-3H3. The molecule has 9 heavy (non-hydrogen) atoms. The van der Waals surface area contributed by atoms with Gasteiger partial charge in [0.15, 0.2) is 0 Å².